The Kier molecular flexibility index (Phi) is 7.70. The molecule has 1 aromatic carbocycles. The maximum Gasteiger partial charge on any atom is 0.422 e. The van der Waals surface area contributed by atoms with Crippen LogP contribution in [0.1, 0.15) is 38.9 Å². The van der Waals surface area contributed by atoms with Crippen LogP contribution >= 0.6 is 0 Å². The molecule has 0 aromatic heterocycles. The lowest BCUT2D eigenvalue weighted by Gasteiger charge is -2.21. The molecule has 0 saturated carbocycles. The highest BCUT2D eigenvalue weighted by molar-refractivity contribution is 5.67. The van der Waals surface area contributed by atoms with Crippen LogP contribution in [0.15, 0.2) is 24.3 Å². The minimum absolute atomic E-state index is 0.000595. The van der Waals surface area contributed by atoms with Crippen molar-refractivity contribution < 1.29 is 37.7 Å². The Morgan fingerprint density at radius 2 is 1.73 bits per heavy atom. The summed E-state index contributed by atoms with van der Waals surface area (Å²) in [4.78, 5) is 11.5. The van der Waals surface area contributed by atoms with Gasteiger partial charge in [-0.05, 0) is 44.9 Å². The van der Waals surface area contributed by atoms with Gasteiger partial charge in [-0.1, -0.05) is 12.1 Å². The van der Waals surface area contributed by atoms with Crippen LogP contribution in [-0.4, -0.2) is 47.3 Å². The Labute approximate surface area is 149 Å². The van der Waals surface area contributed by atoms with E-state index < -0.39 is 36.7 Å². The third kappa shape index (κ3) is 8.91. The van der Waals surface area contributed by atoms with Gasteiger partial charge in [0.25, 0.3) is 0 Å². The lowest BCUT2D eigenvalue weighted by molar-refractivity contribution is -0.153. The summed E-state index contributed by atoms with van der Waals surface area (Å²) >= 11 is 0. The van der Waals surface area contributed by atoms with Crippen molar-refractivity contribution in [3.8, 4) is 5.75 Å². The van der Waals surface area contributed by atoms with E-state index in [-0.39, 0.29) is 18.7 Å². The molecule has 0 aliphatic rings. The Bertz CT molecular complexity index is 569. The molecule has 1 aromatic rings. The van der Waals surface area contributed by atoms with E-state index in [0.29, 0.717) is 5.56 Å². The van der Waals surface area contributed by atoms with E-state index >= 15 is 0 Å². The minimum Gasteiger partial charge on any atom is -0.484 e. The van der Waals surface area contributed by atoms with E-state index in [1.807, 2.05) is 0 Å². The van der Waals surface area contributed by atoms with Crippen molar-refractivity contribution in [1.82, 2.24) is 5.32 Å². The number of alkyl carbamates (subject to hydrolysis) is 1. The second-order valence-electron chi connectivity index (χ2n) is 6.70. The van der Waals surface area contributed by atoms with E-state index in [0.717, 1.165) is 0 Å². The first-order valence-electron chi connectivity index (χ1n) is 8.00. The van der Waals surface area contributed by atoms with Crippen molar-refractivity contribution in [2.75, 3.05) is 13.2 Å². The summed E-state index contributed by atoms with van der Waals surface area (Å²) in [7, 11) is 0. The smallest absolute Gasteiger partial charge is 0.422 e. The van der Waals surface area contributed by atoms with Crippen LogP contribution in [0.5, 0.6) is 5.75 Å². The number of carbonyl (C=O) groups is 1. The SMILES string of the molecule is CC(C)(C)OC(=O)NCCC(O)C(O)c1ccc(OCC(F)(F)F)cc1. The summed E-state index contributed by atoms with van der Waals surface area (Å²) < 4.78 is 45.9. The molecule has 2 atom stereocenters. The monoisotopic (exact) mass is 379 g/mol. The molecule has 148 valence electrons. The van der Waals surface area contributed by atoms with Gasteiger partial charge in [0.15, 0.2) is 6.61 Å². The van der Waals surface area contributed by atoms with Gasteiger partial charge in [0.2, 0.25) is 0 Å². The van der Waals surface area contributed by atoms with Gasteiger partial charge in [-0.2, -0.15) is 13.2 Å². The molecule has 9 heteroatoms. The fraction of sp³-hybridized carbons (Fsp3) is 0.588. The lowest BCUT2D eigenvalue weighted by Crippen LogP contribution is -2.34. The third-order valence-corrected chi connectivity index (χ3v) is 3.10. The summed E-state index contributed by atoms with van der Waals surface area (Å²) in [5, 5.41) is 22.5. The highest BCUT2D eigenvalue weighted by atomic mass is 19.4. The molecule has 26 heavy (non-hydrogen) atoms. The molecule has 0 fully saturated rings. The van der Waals surface area contributed by atoms with E-state index in [9.17, 15) is 28.2 Å². The van der Waals surface area contributed by atoms with Crippen molar-refractivity contribution in [2.45, 2.75) is 51.2 Å². The zero-order valence-corrected chi connectivity index (χ0v) is 14.8. The first-order chi connectivity index (χ1) is 11.9. The summed E-state index contributed by atoms with van der Waals surface area (Å²) in [5.74, 6) is -0.000595. The van der Waals surface area contributed by atoms with Crippen molar-refractivity contribution >= 4 is 6.09 Å². The molecule has 0 radical (unpaired) electrons. The van der Waals surface area contributed by atoms with Crippen molar-refractivity contribution in [3.05, 3.63) is 29.8 Å². The second-order valence-corrected chi connectivity index (χ2v) is 6.70. The van der Waals surface area contributed by atoms with E-state index in [1.165, 1.54) is 24.3 Å². The van der Waals surface area contributed by atoms with Crippen LogP contribution in [0.2, 0.25) is 0 Å². The second kappa shape index (κ2) is 9.09. The van der Waals surface area contributed by atoms with Crippen LogP contribution < -0.4 is 10.1 Å². The molecule has 0 heterocycles. The molecule has 1 amide bonds. The van der Waals surface area contributed by atoms with Gasteiger partial charge in [-0.3, -0.25) is 0 Å². The first kappa shape index (κ1) is 22.0. The number of benzene rings is 1. The molecule has 0 aliphatic carbocycles. The molecule has 0 bridgehead atoms. The van der Waals surface area contributed by atoms with Gasteiger partial charge in [-0.25, -0.2) is 4.79 Å². The minimum atomic E-state index is -4.44. The Morgan fingerprint density at radius 1 is 1.15 bits per heavy atom. The third-order valence-electron chi connectivity index (χ3n) is 3.10. The van der Waals surface area contributed by atoms with Crippen LogP contribution in [0.3, 0.4) is 0 Å². The molecule has 0 spiro atoms. The Morgan fingerprint density at radius 3 is 2.23 bits per heavy atom. The highest BCUT2D eigenvalue weighted by Crippen LogP contribution is 2.23. The highest BCUT2D eigenvalue weighted by Gasteiger charge is 2.28. The predicted molar refractivity (Wildman–Crippen MR) is 87.8 cm³/mol. The van der Waals surface area contributed by atoms with Crippen molar-refractivity contribution in [2.24, 2.45) is 0 Å². The number of hydrogen-bond donors (Lipinski definition) is 3. The number of amides is 1. The maximum absolute atomic E-state index is 12.1. The number of aliphatic hydroxyl groups excluding tert-OH is 2. The normalized spacial score (nSPS) is 14.5. The fourth-order valence-corrected chi connectivity index (χ4v) is 1.94. The van der Waals surface area contributed by atoms with E-state index in [4.69, 9.17) is 4.74 Å². The quantitative estimate of drug-likeness (QED) is 0.678. The average Bonchev–Trinajstić information content (AvgIpc) is 2.50. The maximum atomic E-state index is 12.1. The number of aliphatic hydroxyl groups is 2. The fourth-order valence-electron chi connectivity index (χ4n) is 1.94. The van der Waals surface area contributed by atoms with E-state index in [2.05, 4.69) is 10.1 Å². The van der Waals surface area contributed by atoms with E-state index in [1.54, 1.807) is 20.8 Å². The standard InChI is InChI=1S/C17H24F3NO5/c1-16(2,3)26-15(24)21-9-8-13(22)14(23)11-4-6-12(7-5-11)25-10-17(18,19)20/h4-7,13-14,22-23H,8-10H2,1-3H3,(H,21,24). The molecule has 6 nitrogen and oxygen atoms in total. The zero-order chi connectivity index (χ0) is 20.0. The van der Waals surface area contributed by atoms with Crippen LogP contribution in [0.4, 0.5) is 18.0 Å². The van der Waals surface area contributed by atoms with Gasteiger partial charge in [0.1, 0.15) is 17.5 Å². The zero-order valence-electron chi connectivity index (χ0n) is 14.8. The Balaban J connectivity index is 2.45. The number of halogens is 3. The van der Waals surface area contributed by atoms with Crippen molar-refractivity contribution in [1.29, 1.82) is 0 Å². The van der Waals surface area contributed by atoms with Crippen molar-refractivity contribution in [3.63, 3.8) is 0 Å². The predicted octanol–water partition coefficient (Wildman–Crippen LogP) is 2.94. The average molecular weight is 379 g/mol. The Hall–Kier alpha value is -2.00. The summed E-state index contributed by atoms with van der Waals surface area (Å²) in [6.45, 7) is 3.82. The van der Waals surface area contributed by atoms with Gasteiger partial charge in [-0.15, -0.1) is 0 Å². The lowest BCUT2D eigenvalue weighted by atomic mass is 10.0. The number of carbonyl (C=O) groups excluding carboxylic acids is 1. The van der Waals surface area contributed by atoms with Gasteiger partial charge >= 0.3 is 12.3 Å². The number of alkyl halides is 3. The van der Waals surface area contributed by atoms with Gasteiger partial charge in [0, 0.05) is 6.54 Å². The largest absolute Gasteiger partial charge is 0.484 e. The molecule has 2 unspecified atom stereocenters. The molecular formula is C17H24F3NO5. The first-order valence-corrected chi connectivity index (χ1v) is 8.00. The summed E-state index contributed by atoms with van der Waals surface area (Å²) in [5.41, 5.74) is -0.327. The summed E-state index contributed by atoms with van der Waals surface area (Å²) in [6.07, 6.45) is -7.44. The molecule has 3 N–H and O–H groups in total. The number of nitrogens with one attached hydrogen (secondary N) is 1. The number of ether oxygens (including phenoxy) is 2. The molecule has 1 rings (SSSR count). The molecular weight excluding hydrogens is 355 g/mol. The summed E-state index contributed by atoms with van der Waals surface area (Å²) in [6, 6.07) is 5.27. The van der Waals surface area contributed by atoms with Crippen LogP contribution in [0.25, 0.3) is 0 Å². The molecule has 0 aliphatic heterocycles. The topological polar surface area (TPSA) is 88.0 Å². The molecule has 0 saturated heterocycles. The number of rotatable bonds is 7. The van der Waals surface area contributed by atoms with Crippen LogP contribution in [-0.2, 0) is 4.74 Å². The van der Waals surface area contributed by atoms with Gasteiger partial charge in [0.05, 0.1) is 6.10 Å². The van der Waals surface area contributed by atoms with Crippen LogP contribution in [0, 0.1) is 0 Å². The number of hydrogen-bond acceptors (Lipinski definition) is 5. The van der Waals surface area contributed by atoms with Gasteiger partial charge < -0.3 is 25.0 Å².